The largest absolute Gasteiger partial charge is 0.391 e. The lowest BCUT2D eigenvalue weighted by Gasteiger charge is -2.47. The highest BCUT2D eigenvalue weighted by molar-refractivity contribution is 5.79. The maximum Gasteiger partial charge on any atom is 0.391 e. The fourth-order valence-corrected chi connectivity index (χ4v) is 5.56. The van der Waals surface area contributed by atoms with Crippen molar-refractivity contribution in [1.29, 1.82) is 0 Å². The van der Waals surface area contributed by atoms with E-state index in [4.69, 9.17) is 4.74 Å². The molecule has 1 amide bonds. The van der Waals surface area contributed by atoms with Gasteiger partial charge in [0.15, 0.2) is 6.35 Å². The number of hydrogen-bond donors (Lipinski definition) is 5. The molecule has 196 valence electrons. The predicted molar refractivity (Wildman–Crippen MR) is 121 cm³/mol. The van der Waals surface area contributed by atoms with Crippen LogP contribution in [0.4, 0.5) is 13.2 Å². The van der Waals surface area contributed by atoms with E-state index in [9.17, 15) is 18.0 Å². The van der Waals surface area contributed by atoms with E-state index in [1.807, 2.05) is 11.8 Å². The van der Waals surface area contributed by atoms with Gasteiger partial charge < -0.3 is 15.0 Å². The van der Waals surface area contributed by atoms with Crippen LogP contribution < -0.4 is 26.6 Å². The van der Waals surface area contributed by atoms with Crippen molar-refractivity contribution in [2.75, 3.05) is 45.9 Å². The molecule has 3 aliphatic heterocycles. The number of piperidine rings is 1. The van der Waals surface area contributed by atoms with E-state index in [1.54, 1.807) is 0 Å². The highest BCUT2D eigenvalue weighted by Gasteiger charge is 2.43. The highest BCUT2D eigenvalue weighted by Crippen LogP contribution is 2.37. The Morgan fingerprint density at radius 1 is 1.06 bits per heavy atom. The first-order valence-corrected chi connectivity index (χ1v) is 12.8. The summed E-state index contributed by atoms with van der Waals surface area (Å²) in [6.07, 6.45) is -1.59. The van der Waals surface area contributed by atoms with Gasteiger partial charge in [-0.1, -0.05) is 6.42 Å². The zero-order chi connectivity index (χ0) is 24.1. The number of amides is 1. The topological polar surface area (TPSA) is 92.9 Å². The number of rotatable bonds is 6. The highest BCUT2D eigenvalue weighted by atomic mass is 19.4. The fourth-order valence-electron chi connectivity index (χ4n) is 5.56. The molecule has 1 aliphatic carbocycles. The number of nitrogens with zero attached hydrogens (tertiary/aromatic N) is 2. The summed E-state index contributed by atoms with van der Waals surface area (Å²) in [5, 5.41) is 16.7. The van der Waals surface area contributed by atoms with Crippen molar-refractivity contribution in [2.24, 2.45) is 11.8 Å². The van der Waals surface area contributed by atoms with Gasteiger partial charge in [0.25, 0.3) is 0 Å². The zero-order valence-corrected chi connectivity index (χ0v) is 20.0. The van der Waals surface area contributed by atoms with Crippen LogP contribution in [0.1, 0.15) is 45.4 Å². The molecule has 0 aromatic carbocycles. The van der Waals surface area contributed by atoms with Gasteiger partial charge in [-0.2, -0.15) is 13.2 Å². The molecule has 0 radical (unpaired) electrons. The SMILES string of the molecule is CCOC1NC(NC2CCCC(C(F)(F)F)C2)NC(N2CCN(C(=O)C3CCCNC3)CC2)N1. The number of alkyl halides is 3. The summed E-state index contributed by atoms with van der Waals surface area (Å²) < 4.78 is 45.5. The molecule has 6 unspecified atom stereocenters. The second kappa shape index (κ2) is 11.8. The Morgan fingerprint density at radius 3 is 2.53 bits per heavy atom. The Bertz CT molecular complexity index is 657. The molecule has 0 spiro atoms. The molecule has 0 aromatic rings. The van der Waals surface area contributed by atoms with Gasteiger partial charge >= 0.3 is 6.18 Å². The molecule has 0 bridgehead atoms. The fraction of sp³-hybridized carbons (Fsp3) is 0.955. The van der Waals surface area contributed by atoms with Crippen LogP contribution >= 0.6 is 0 Å². The van der Waals surface area contributed by atoms with Crippen molar-refractivity contribution in [1.82, 2.24) is 36.4 Å². The van der Waals surface area contributed by atoms with E-state index in [0.29, 0.717) is 39.2 Å². The van der Waals surface area contributed by atoms with E-state index in [-0.39, 0.29) is 43.3 Å². The minimum absolute atomic E-state index is 0.0716. The molecule has 6 atom stereocenters. The monoisotopic (exact) mass is 491 g/mol. The first-order chi connectivity index (χ1) is 16.3. The lowest BCUT2D eigenvalue weighted by Crippen LogP contribution is -2.77. The summed E-state index contributed by atoms with van der Waals surface area (Å²) >= 11 is 0. The third-order valence-electron chi connectivity index (χ3n) is 7.46. The van der Waals surface area contributed by atoms with Crippen molar-refractivity contribution >= 4 is 5.91 Å². The van der Waals surface area contributed by atoms with Gasteiger partial charge in [-0.25, -0.2) is 0 Å². The zero-order valence-electron chi connectivity index (χ0n) is 20.0. The number of piperazine rings is 1. The van der Waals surface area contributed by atoms with Crippen molar-refractivity contribution in [3.8, 4) is 0 Å². The van der Waals surface area contributed by atoms with Crippen LogP contribution in [0.3, 0.4) is 0 Å². The van der Waals surface area contributed by atoms with Gasteiger partial charge in [0.05, 0.1) is 11.8 Å². The number of halogens is 3. The number of carbonyl (C=O) groups excluding carboxylic acids is 1. The molecular weight excluding hydrogens is 451 g/mol. The summed E-state index contributed by atoms with van der Waals surface area (Å²) in [6.45, 7) is 6.90. The van der Waals surface area contributed by atoms with Gasteiger partial charge in [0, 0.05) is 45.4 Å². The number of nitrogens with one attached hydrogen (secondary N) is 5. The Balaban J connectivity index is 1.30. The van der Waals surface area contributed by atoms with Crippen LogP contribution in [0, 0.1) is 11.8 Å². The molecule has 9 nitrogen and oxygen atoms in total. The molecule has 34 heavy (non-hydrogen) atoms. The lowest BCUT2D eigenvalue weighted by atomic mass is 9.85. The molecule has 12 heteroatoms. The third kappa shape index (κ3) is 6.80. The van der Waals surface area contributed by atoms with Crippen LogP contribution in [0.15, 0.2) is 0 Å². The standard InChI is InChI=1S/C22H40F3N7O2/c1-2-34-21-29-19(27-17-7-3-6-16(13-17)22(23,24)25)28-20(30-21)32-11-9-31(10-12-32)18(33)15-5-4-8-26-14-15/h15-17,19-21,26-30H,2-14H2,1H3. The van der Waals surface area contributed by atoms with Crippen molar-refractivity contribution in [3.63, 3.8) is 0 Å². The Hall–Kier alpha value is -1.02. The van der Waals surface area contributed by atoms with Crippen LogP contribution in [0.5, 0.6) is 0 Å². The van der Waals surface area contributed by atoms with Gasteiger partial charge in [0.1, 0.15) is 12.6 Å². The van der Waals surface area contributed by atoms with Gasteiger partial charge in [0.2, 0.25) is 5.91 Å². The summed E-state index contributed by atoms with van der Waals surface area (Å²) in [4.78, 5) is 17.0. The van der Waals surface area contributed by atoms with Crippen molar-refractivity contribution in [2.45, 2.75) is 76.6 Å². The van der Waals surface area contributed by atoms with Gasteiger partial charge in [-0.3, -0.25) is 31.0 Å². The molecule has 5 N–H and O–H groups in total. The number of hydrogen-bond acceptors (Lipinski definition) is 8. The molecule has 4 fully saturated rings. The Kier molecular flexibility index (Phi) is 9.05. The maximum atomic E-state index is 13.2. The molecule has 3 heterocycles. The first kappa shape index (κ1) is 26.1. The predicted octanol–water partition coefficient (Wildman–Crippen LogP) is 0.511. The summed E-state index contributed by atoms with van der Waals surface area (Å²) in [6, 6.07) is -0.218. The molecule has 1 saturated carbocycles. The van der Waals surface area contributed by atoms with E-state index < -0.39 is 18.4 Å². The average Bonchev–Trinajstić information content (AvgIpc) is 2.84. The minimum Gasteiger partial charge on any atom is -0.350 e. The van der Waals surface area contributed by atoms with Crippen LogP contribution in [0.2, 0.25) is 0 Å². The van der Waals surface area contributed by atoms with E-state index >= 15 is 0 Å². The van der Waals surface area contributed by atoms with E-state index in [2.05, 4.69) is 31.5 Å². The van der Waals surface area contributed by atoms with Crippen LogP contribution in [-0.2, 0) is 9.53 Å². The molecular formula is C22H40F3N7O2. The summed E-state index contributed by atoms with van der Waals surface area (Å²) in [5.41, 5.74) is 0. The maximum absolute atomic E-state index is 13.2. The smallest absolute Gasteiger partial charge is 0.350 e. The average molecular weight is 492 g/mol. The first-order valence-electron chi connectivity index (χ1n) is 12.8. The van der Waals surface area contributed by atoms with Crippen LogP contribution in [0.25, 0.3) is 0 Å². The van der Waals surface area contributed by atoms with Gasteiger partial charge in [-0.15, -0.1) is 0 Å². The van der Waals surface area contributed by atoms with Crippen LogP contribution in [-0.4, -0.2) is 92.7 Å². The summed E-state index contributed by atoms with van der Waals surface area (Å²) in [5.74, 6) is -0.937. The normalized spacial score (nSPS) is 36.4. The lowest BCUT2D eigenvalue weighted by molar-refractivity contribution is -0.184. The Labute approximate surface area is 199 Å². The molecule has 4 aliphatic rings. The van der Waals surface area contributed by atoms with E-state index in [1.165, 1.54) is 0 Å². The summed E-state index contributed by atoms with van der Waals surface area (Å²) in [7, 11) is 0. The molecule has 0 aromatic heterocycles. The molecule has 3 saturated heterocycles. The minimum atomic E-state index is -4.14. The van der Waals surface area contributed by atoms with Crippen molar-refractivity contribution < 1.29 is 22.7 Å². The quantitative estimate of drug-likeness (QED) is 0.367. The number of carbonyl (C=O) groups is 1. The third-order valence-corrected chi connectivity index (χ3v) is 7.46. The van der Waals surface area contributed by atoms with Gasteiger partial charge in [-0.05, 0) is 45.6 Å². The van der Waals surface area contributed by atoms with E-state index in [0.717, 1.165) is 32.4 Å². The second-order valence-corrected chi connectivity index (χ2v) is 9.84. The molecule has 4 rings (SSSR count). The Morgan fingerprint density at radius 2 is 1.85 bits per heavy atom. The second-order valence-electron chi connectivity index (χ2n) is 9.84. The number of ether oxygens (including phenoxy) is 1. The van der Waals surface area contributed by atoms with Crippen molar-refractivity contribution in [3.05, 3.63) is 0 Å².